The van der Waals surface area contributed by atoms with Crippen molar-refractivity contribution in [3.05, 3.63) is 11.1 Å². The van der Waals surface area contributed by atoms with Crippen LogP contribution < -0.4 is 0 Å². The molecule has 0 aliphatic carbocycles. The van der Waals surface area contributed by atoms with Gasteiger partial charge in [0.1, 0.15) is 5.55 Å². The van der Waals surface area contributed by atoms with Crippen LogP contribution in [0.15, 0.2) is 16.1 Å². The molecule has 0 unspecified atom stereocenters. The van der Waals surface area contributed by atoms with Gasteiger partial charge in [-0.2, -0.15) is 11.8 Å². The van der Waals surface area contributed by atoms with E-state index in [1.54, 1.807) is 11.8 Å². The number of aliphatic imine (C=N–C) groups is 1. The lowest BCUT2D eigenvalue weighted by Gasteiger charge is -1.97. The average molecular weight is 191 g/mol. The van der Waals surface area contributed by atoms with Crippen molar-refractivity contribution in [2.24, 2.45) is 4.99 Å². The lowest BCUT2D eigenvalue weighted by atomic mass is 10.7. The van der Waals surface area contributed by atoms with Crippen LogP contribution in [0, 0.1) is 0 Å². The number of hydrogen-bond donors (Lipinski definition) is 0. The van der Waals surface area contributed by atoms with Crippen molar-refractivity contribution in [3.63, 3.8) is 0 Å². The number of hydrogen-bond acceptors (Lipinski definition) is 4. The molecule has 0 fully saturated rings. The van der Waals surface area contributed by atoms with E-state index in [-0.39, 0.29) is 0 Å². The summed E-state index contributed by atoms with van der Waals surface area (Å²) in [7, 11) is -3.11. The molecular formula is C6H9NO2S2. The highest BCUT2D eigenvalue weighted by Crippen LogP contribution is 2.17. The van der Waals surface area contributed by atoms with E-state index >= 15 is 0 Å². The minimum absolute atomic E-state index is 0.421. The number of thioether (sulfide) groups is 1. The second-order valence-corrected chi connectivity index (χ2v) is 5.13. The Morgan fingerprint density at radius 3 is 2.82 bits per heavy atom. The van der Waals surface area contributed by atoms with Gasteiger partial charge in [-0.25, -0.2) is 8.42 Å². The van der Waals surface area contributed by atoms with Crippen molar-refractivity contribution >= 4 is 27.1 Å². The molecular weight excluding hydrogens is 182 g/mol. The first-order valence-corrected chi connectivity index (χ1v) is 5.92. The Bertz CT molecular complexity index is 290. The molecule has 0 amide bonds. The topological polar surface area (TPSA) is 46.5 Å². The molecule has 0 radical (unpaired) electrons. The maximum atomic E-state index is 11.0. The van der Waals surface area contributed by atoms with Crippen molar-refractivity contribution in [1.82, 2.24) is 0 Å². The molecule has 0 atom stereocenters. The predicted octanol–water partition coefficient (Wildman–Crippen LogP) is 1.04. The van der Waals surface area contributed by atoms with Gasteiger partial charge in [0.15, 0.2) is 0 Å². The lowest BCUT2D eigenvalue weighted by Crippen LogP contribution is -2.02. The molecule has 0 bridgehead atoms. The van der Waals surface area contributed by atoms with Crippen LogP contribution in [0.4, 0.5) is 0 Å². The second kappa shape index (κ2) is 3.40. The van der Waals surface area contributed by atoms with Crippen LogP contribution in [0.2, 0.25) is 0 Å². The van der Waals surface area contributed by atoms with Gasteiger partial charge in [-0.3, -0.25) is 4.99 Å². The molecule has 11 heavy (non-hydrogen) atoms. The van der Waals surface area contributed by atoms with E-state index in [1.165, 1.54) is 6.20 Å². The smallest absolute Gasteiger partial charge is 0.215 e. The summed E-state index contributed by atoms with van der Waals surface area (Å²) < 4.78 is 22.1. The SMILES string of the molecule is CCSCC1=CN=CS1(=O)=O. The van der Waals surface area contributed by atoms with Gasteiger partial charge >= 0.3 is 0 Å². The zero-order valence-electron chi connectivity index (χ0n) is 6.15. The fourth-order valence-electron chi connectivity index (χ4n) is 0.657. The van der Waals surface area contributed by atoms with E-state index in [2.05, 4.69) is 4.99 Å². The van der Waals surface area contributed by atoms with Gasteiger partial charge in [0, 0.05) is 12.0 Å². The first-order valence-electron chi connectivity index (χ1n) is 3.22. The predicted molar refractivity (Wildman–Crippen MR) is 48.5 cm³/mol. The van der Waals surface area contributed by atoms with Gasteiger partial charge in [-0.15, -0.1) is 0 Å². The number of nitrogens with zero attached hydrogens (tertiary/aromatic N) is 1. The fourth-order valence-corrected chi connectivity index (χ4v) is 2.61. The van der Waals surface area contributed by atoms with Gasteiger partial charge in [-0.05, 0) is 5.75 Å². The summed E-state index contributed by atoms with van der Waals surface area (Å²) in [6.45, 7) is 1.99. The van der Waals surface area contributed by atoms with E-state index < -0.39 is 9.84 Å². The quantitative estimate of drug-likeness (QED) is 0.669. The molecule has 0 aromatic rings. The Labute approximate surface area is 70.5 Å². The van der Waals surface area contributed by atoms with Crippen LogP contribution in [0.3, 0.4) is 0 Å². The van der Waals surface area contributed by atoms with Gasteiger partial charge in [0.05, 0.1) is 4.91 Å². The maximum Gasteiger partial charge on any atom is 0.215 e. The lowest BCUT2D eigenvalue weighted by molar-refractivity contribution is 0.614. The molecule has 0 aromatic heterocycles. The molecule has 0 saturated carbocycles. The first-order chi connectivity index (χ1) is 5.17. The van der Waals surface area contributed by atoms with Crippen LogP contribution in [-0.4, -0.2) is 25.5 Å². The summed E-state index contributed by atoms with van der Waals surface area (Å²) in [5.74, 6) is 1.46. The third-order valence-corrected chi connectivity index (χ3v) is 3.72. The van der Waals surface area contributed by atoms with Crippen LogP contribution in [0.5, 0.6) is 0 Å². The van der Waals surface area contributed by atoms with Crippen LogP contribution >= 0.6 is 11.8 Å². The summed E-state index contributed by atoms with van der Waals surface area (Å²) >= 11 is 1.58. The zero-order valence-corrected chi connectivity index (χ0v) is 7.78. The Balaban J connectivity index is 2.63. The largest absolute Gasteiger partial charge is 0.251 e. The highest BCUT2D eigenvalue weighted by atomic mass is 32.2. The Hall–Kier alpha value is -0.290. The van der Waals surface area contributed by atoms with Crippen molar-refractivity contribution in [3.8, 4) is 0 Å². The number of rotatable bonds is 3. The Morgan fingerprint density at radius 2 is 2.36 bits per heavy atom. The van der Waals surface area contributed by atoms with Crippen molar-refractivity contribution in [2.45, 2.75) is 6.92 Å². The monoisotopic (exact) mass is 191 g/mol. The van der Waals surface area contributed by atoms with E-state index in [4.69, 9.17) is 0 Å². The van der Waals surface area contributed by atoms with Gasteiger partial charge in [-0.1, -0.05) is 6.92 Å². The van der Waals surface area contributed by atoms with Crippen molar-refractivity contribution < 1.29 is 8.42 Å². The zero-order chi connectivity index (χ0) is 8.32. The van der Waals surface area contributed by atoms with Crippen LogP contribution in [0.1, 0.15) is 6.92 Å². The Kier molecular flexibility index (Phi) is 2.72. The van der Waals surface area contributed by atoms with Gasteiger partial charge < -0.3 is 0 Å². The molecule has 5 heteroatoms. The van der Waals surface area contributed by atoms with Crippen molar-refractivity contribution in [1.29, 1.82) is 0 Å². The minimum Gasteiger partial charge on any atom is -0.251 e. The van der Waals surface area contributed by atoms with Crippen molar-refractivity contribution in [2.75, 3.05) is 11.5 Å². The molecule has 3 nitrogen and oxygen atoms in total. The maximum absolute atomic E-state index is 11.0. The Morgan fingerprint density at radius 1 is 1.64 bits per heavy atom. The third kappa shape index (κ3) is 2.07. The van der Waals surface area contributed by atoms with E-state index in [1.807, 2.05) is 6.92 Å². The molecule has 0 N–H and O–H groups in total. The molecule has 0 saturated heterocycles. The number of sulfone groups is 1. The van der Waals surface area contributed by atoms with Gasteiger partial charge in [0.25, 0.3) is 0 Å². The summed E-state index contributed by atoms with van der Waals surface area (Å²) in [5, 5.41) is 0. The van der Waals surface area contributed by atoms with E-state index in [0.717, 1.165) is 11.3 Å². The molecule has 1 aliphatic heterocycles. The molecule has 0 aromatic carbocycles. The summed E-state index contributed by atoms with van der Waals surface area (Å²) in [6.07, 6.45) is 1.41. The molecule has 62 valence electrons. The van der Waals surface area contributed by atoms with Crippen LogP contribution in [-0.2, 0) is 9.84 Å². The van der Waals surface area contributed by atoms with E-state index in [9.17, 15) is 8.42 Å². The summed E-state index contributed by atoms with van der Waals surface area (Å²) in [4.78, 5) is 4.00. The standard InChI is InChI=1S/C6H9NO2S2/c1-2-10-4-6-3-7-5-11(6,8)9/h3,5H,2,4H2,1H3. The fraction of sp³-hybridized carbons (Fsp3) is 0.500. The van der Waals surface area contributed by atoms with E-state index in [0.29, 0.717) is 10.7 Å². The van der Waals surface area contributed by atoms with Crippen LogP contribution in [0.25, 0.3) is 0 Å². The third-order valence-electron chi connectivity index (χ3n) is 1.23. The summed E-state index contributed by atoms with van der Waals surface area (Å²) in [6, 6.07) is 0. The highest BCUT2D eigenvalue weighted by Gasteiger charge is 2.18. The van der Waals surface area contributed by atoms with Gasteiger partial charge in [0.2, 0.25) is 9.84 Å². The second-order valence-electron chi connectivity index (χ2n) is 2.03. The summed E-state index contributed by atoms with van der Waals surface area (Å²) in [5.41, 5.74) is 0.999. The molecule has 1 aliphatic rings. The molecule has 1 rings (SSSR count). The molecule has 1 heterocycles. The molecule has 0 spiro atoms. The average Bonchev–Trinajstić information content (AvgIpc) is 2.25. The minimum atomic E-state index is -3.11. The first kappa shape index (κ1) is 8.80. The highest BCUT2D eigenvalue weighted by molar-refractivity contribution is 8.09. The normalized spacial score (nSPS) is 20.3.